The number of fused-ring (bicyclic) bond motifs is 1. The molecule has 8 heteroatoms. The number of hydrogen-bond donors (Lipinski definition) is 1. The Labute approximate surface area is 197 Å². The van der Waals surface area contributed by atoms with E-state index < -0.39 is 15.6 Å². The zero-order chi connectivity index (χ0) is 24.4. The number of methoxy groups -OCH3 is 1. The van der Waals surface area contributed by atoms with E-state index in [2.05, 4.69) is 5.32 Å². The summed E-state index contributed by atoms with van der Waals surface area (Å²) in [5, 5.41) is 3.11. The van der Waals surface area contributed by atoms with Crippen LogP contribution in [0.4, 0.5) is 5.69 Å². The molecule has 0 spiro atoms. The largest absolute Gasteiger partial charge is 0.497 e. The second kappa shape index (κ2) is 9.63. The molecular weight excluding hydrogens is 440 g/mol. The van der Waals surface area contributed by atoms with E-state index in [0.29, 0.717) is 30.0 Å². The molecule has 0 saturated carbocycles. The summed E-state index contributed by atoms with van der Waals surface area (Å²) >= 11 is 0. The zero-order valence-corrected chi connectivity index (χ0v) is 21.1. The molecule has 0 saturated heterocycles. The van der Waals surface area contributed by atoms with Crippen LogP contribution in [-0.4, -0.2) is 39.8 Å². The number of carbonyl (C=O) groups excluding carboxylic acids is 1. The number of aryl methyl sites for hydroxylation is 2. The van der Waals surface area contributed by atoms with Gasteiger partial charge in [-0.2, -0.15) is 0 Å². The SMILES string of the molecule is COc1ccc2c(c1)OC(C)(C)C[C@H]2NC(=O)CCCN(c1cc(C)cc(C)c1)S(C)(=O)=O. The molecule has 2 aromatic carbocycles. The number of nitrogens with zero attached hydrogens (tertiary/aromatic N) is 1. The number of sulfonamides is 1. The lowest BCUT2D eigenvalue weighted by atomic mass is 9.89. The molecule has 0 bridgehead atoms. The molecule has 1 atom stereocenters. The highest BCUT2D eigenvalue weighted by molar-refractivity contribution is 7.92. The number of amides is 1. The maximum absolute atomic E-state index is 12.8. The van der Waals surface area contributed by atoms with E-state index in [9.17, 15) is 13.2 Å². The third-order valence-corrected chi connectivity index (χ3v) is 6.87. The van der Waals surface area contributed by atoms with E-state index >= 15 is 0 Å². The third kappa shape index (κ3) is 6.41. The highest BCUT2D eigenvalue weighted by Gasteiger charge is 2.34. The van der Waals surface area contributed by atoms with Gasteiger partial charge in [0.1, 0.15) is 17.1 Å². The van der Waals surface area contributed by atoms with Gasteiger partial charge in [-0.25, -0.2) is 8.42 Å². The number of nitrogens with one attached hydrogen (secondary N) is 1. The number of benzene rings is 2. The van der Waals surface area contributed by atoms with Gasteiger partial charge in [-0.15, -0.1) is 0 Å². The summed E-state index contributed by atoms with van der Waals surface area (Å²) in [4.78, 5) is 12.8. The minimum absolute atomic E-state index is 0.117. The molecule has 180 valence electrons. The second-order valence-electron chi connectivity index (χ2n) is 9.37. The maximum atomic E-state index is 12.8. The predicted octanol–water partition coefficient (Wildman–Crippen LogP) is 4.28. The molecule has 1 aliphatic rings. The molecule has 33 heavy (non-hydrogen) atoms. The highest BCUT2D eigenvalue weighted by Crippen LogP contribution is 2.41. The van der Waals surface area contributed by atoms with Crippen LogP contribution < -0.4 is 19.1 Å². The van der Waals surface area contributed by atoms with Crippen LogP contribution in [0.5, 0.6) is 11.5 Å². The molecule has 0 radical (unpaired) electrons. The van der Waals surface area contributed by atoms with Gasteiger partial charge in [-0.1, -0.05) is 6.07 Å². The first-order chi connectivity index (χ1) is 15.4. The first-order valence-electron chi connectivity index (χ1n) is 11.1. The zero-order valence-electron chi connectivity index (χ0n) is 20.3. The van der Waals surface area contributed by atoms with Crippen molar-refractivity contribution < 1.29 is 22.7 Å². The molecule has 0 aliphatic carbocycles. The number of rotatable bonds is 8. The van der Waals surface area contributed by atoms with Gasteiger partial charge in [0, 0.05) is 31.0 Å². The topological polar surface area (TPSA) is 84.9 Å². The Kier molecular flexibility index (Phi) is 7.26. The Morgan fingerprint density at radius 2 is 1.85 bits per heavy atom. The summed E-state index contributed by atoms with van der Waals surface area (Å²) in [7, 11) is -1.86. The normalized spacial score (nSPS) is 17.0. The number of carbonyl (C=O) groups is 1. The molecule has 7 nitrogen and oxygen atoms in total. The number of anilines is 1. The lowest BCUT2D eigenvalue weighted by Crippen LogP contribution is -2.41. The summed E-state index contributed by atoms with van der Waals surface area (Å²) in [6.07, 6.45) is 2.46. The van der Waals surface area contributed by atoms with Crippen molar-refractivity contribution in [1.29, 1.82) is 0 Å². The lowest BCUT2D eigenvalue weighted by Gasteiger charge is -2.38. The fourth-order valence-corrected chi connectivity index (χ4v) is 5.27. The standard InChI is InChI=1S/C25H34N2O5S/c1-17-12-18(2)14-19(13-17)27(33(6,29)30)11-7-8-24(28)26-22-16-25(3,4)32-23-15-20(31-5)9-10-21(22)23/h9-10,12-15,22H,7-8,11,16H2,1-6H3,(H,26,28)/t22-/m1/s1. The Bertz CT molecular complexity index is 1110. The van der Waals surface area contributed by atoms with Crippen molar-refractivity contribution in [1.82, 2.24) is 5.32 Å². The summed E-state index contributed by atoms with van der Waals surface area (Å²) in [6, 6.07) is 11.1. The van der Waals surface area contributed by atoms with Crippen molar-refractivity contribution in [2.24, 2.45) is 0 Å². The van der Waals surface area contributed by atoms with Crippen LogP contribution in [0.15, 0.2) is 36.4 Å². The Morgan fingerprint density at radius 1 is 1.18 bits per heavy atom. The maximum Gasteiger partial charge on any atom is 0.232 e. The van der Waals surface area contributed by atoms with Gasteiger partial charge >= 0.3 is 0 Å². The van der Waals surface area contributed by atoms with Gasteiger partial charge in [0.05, 0.1) is 25.1 Å². The van der Waals surface area contributed by atoms with E-state index in [1.165, 1.54) is 10.6 Å². The lowest BCUT2D eigenvalue weighted by molar-refractivity contribution is -0.122. The quantitative estimate of drug-likeness (QED) is 0.617. The van der Waals surface area contributed by atoms with E-state index in [4.69, 9.17) is 9.47 Å². The van der Waals surface area contributed by atoms with E-state index in [1.54, 1.807) is 7.11 Å². The average Bonchev–Trinajstić information content (AvgIpc) is 2.68. The van der Waals surface area contributed by atoms with Crippen molar-refractivity contribution in [2.75, 3.05) is 24.2 Å². The van der Waals surface area contributed by atoms with Crippen molar-refractivity contribution >= 4 is 21.6 Å². The number of ether oxygens (including phenoxy) is 2. The highest BCUT2D eigenvalue weighted by atomic mass is 32.2. The van der Waals surface area contributed by atoms with Gasteiger partial charge in [0.2, 0.25) is 15.9 Å². The predicted molar refractivity (Wildman–Crippen MR) is 131 cm³/mol. The van der Waals surface area contributed by atoms with Gasteiger partial charge < -0.3 is 14.8 Å². The van der Waals surface area contributed by atoms with Gasteiger partial charge in [-0.3, -0.25) is 9.10 Å². The smallest absolute Gasteiger partial charge is 0.232 e. The summed E-state index contributed by atoms with van der Waals surface area (Å²) in [6.45, 7) is 8.09. The third-order valence-electron chi connectivity index (χ3n) is 5.67. The molecule has 0 aromatic heterocycles. The molecule has 1 heterocycles. The van der Waals surface area contributed by atoms with Gasteiger partial charge in [-0.05, 0) is 69.5 Å². The average molecular weight is 475 g/mol. The fraction of sp³-hybridized carbons (Fsp3) is 0.480. The van der Waals surface area contributed by atoms with Gasteiger partial charge in [0.25, 0.3) is 0 Å². The fourth-order valence-electron chi connectivity index (χ4n) is 4.32. The van der Waals surface area contributed by atoms with E-state index in [0.717, 1.165) is 16.7 Å². The Balaban J connectivity index is 1.67. The molecule has 1 N–H and O–H groups in total. The van der Waals surface area contributed by atoms with Crippen LogP contribution in [0.3, 0.4) is 0 Å². The van der Waals surface area contributed by atoms with Crippen LogP contribution in [0, 0.1) is 13.8 Å². The molecule has 0 fully saturated rings. The van der Waals surface area contributed by atoms with Crippen LogP contribution >= 0.6 is 0 Å². The van der Waals surface area contributed by atoms with Crippen molar-refractivity contribution in [2.45, 2.75) is 58.6 Å². The minimum atomic E-state index is -3.47. The van der Waals surface area contributed by atoms with E-state index in [1.807, 2.05) is 64.1 Å². The van der Waals surface area contributed by atoms with Crippen molar-refractivity contribution in [3.05, 3.63) is 53.1 Å². The number of hydrogen-bond acceptors (Lipinski definition) is 5. The Morgan fingerprint density at radius 3 is 2.45 bits per heavy atom. The molecule has 0 unspecified atom stereocenters. The van der Waals surface area contributed by atoms with Crippen LogP contribution in [0.25, 0.3) is 0 Å². The summed E-state index contributed by atoms with van der Waals surface area (Å²) < 4.78 is 37.6. The second-order valence-corrected chi connectivity index (χ2v) is 11.3. The van der Waals surface area contributed by atoms with Gasteiger partial charge in [0.15, 0.2) is 0 Å². The molecular formula is C25H34N2O5S. The van der Waals surface area contributed by atoms with Crippen LogP contribution in [0.2, 0.25) is 0 Å². The molecule has 2 aromatic rings. The summed E-state index contributed by atoms with van der Waals surface area (Å²) in [5.41, 5.74) is 3.09. The molecule has 3 rings (SSSR count). The van der Waals surface area contributed by atoms with Crippen molar-refractivity contribution in [3.63, 3.8) is 0 Å². The first-order valence-corrected chi connectivity index (χ1v) is 12.9. The van der Waals surface area contributed by atoms with Crippen LogP contribution in [0.1, 0.15) is 55.8 Å². The van der Waals surface area contributed by atoms with Crippen molar-refractivity contribution in [3.8, 4) is 11.5 Å². The minimum Gasteiger partial charge on any atom is -0.497 e. The summed E-state index contributed by atoms with van der Waals surface area (Å²) in [5.74, 6) is 1.28. The monoisotopic (exact) mass is 474 g/mol. The first kappa shape index (κ1) is 24.9. The van der Waals surface area contributed by atoms with Crippen LogP contribution in [-0.2, 0) is 14.8 Å². The molecule has 1 aliphatic heterocycles. The Hall–Kier alpha value is -2.74. The molecule has 1 amide bonds. The van der Waals surface area contributed by atoms with E-state index in [-0.39, 0.29) is 24.9 Å².